The van der Waals surface area contributed by atoms with Gasteiger partial charge in [0.1, 0.15) is 11.2 Å². The first-order valence-corrected chi connectivity index (χ1v) is 16.8. The van der Waals surface area contributed by atoms with Crippen LogP contribution in [0.5, 0.6) is 0 Å². The maximum absolute atomic E-state index is 12.1. The SMILES string of the molecule is CN(CC1CCCN(c2cnccc2Cl)C1)C(=O)OC(C)(C)C.CN(CC1CCCN(c2cnccc2Cl)C1)C(=O)OC(C)(C)C. The smallest absolute Gasteiger partial charge is 0.410 e. The molecule has 12 heteroatoms. The molecule has 2 aromatic heterocycles. The summed E-state index contributed by atoms with van der Waals surface area (Å²) < 4.78 is 10.8. The van der Waals surface area contributed by atoms with E-state index in [1.807, 2.05) is 66.1 Å². The van der Waals surface area contributed by atoms with E-state index in [1.54, 1.807) is 36.3 Å². The van der Waals surface area contributed by atoms with Crippen LogP contribution in [0, 0.1) is 11.8 Å². The van der Waals surface area contributed by atoms with Gasteiger partial charge in [-0.15, -0.1) is 0 Å². The van der Waals surface area contributed by atoms with Crippen LogP contribution in [0.3, 0.4) is 0 Å². The lowest BCUT2D eigenvalue weighted by Gasteiger charge is -2.36. The van der Waals surface area contributed by atoms with Crippen LogP contribution in [0.2, 0.25) is 10.0 Å². The first-order valence-electron chi connectivity index (χ1n) is 16.1. The van der Waals surface area contributed by atoms with Crippen molar-refractivity contribution in [3.63, 3.8) is 0 Å². The van der Waals surface area contributed by atoms with Crippen molar-refractivity contribution >= 4 is 46.8 Å². The molecule has 2 aliphatic rings. The standard InChI is InChI=1S/2C17H26ClN3O2/c2*1-17(2,3)23-16(22)20(4)11-13-6-5-9-21(12-13)15-10-19-8-7-14(15)18/h2*7-8,10,13H,5-6,9,11-12H2,1-4H3. The average Bonchev–Trinajstić information content (AvgIpc) is 2.96. The Hall–Kier alpha value is -2.98. The molecule has 2 amide bonds. The highest BCUT2D eigenvalue weighted by atomic mass is 35.5. The van der Waals surface area contributed by atoms with Crippen LogP contribution in [0.25, 0.3) is 0 Å². The lowest BCUT2D eigenvalue weighted by atomic mass is 9.97. The number of anilines is 2. The van der Waals surface area contributed by atoms with Gasteiger partial charge in [0.25, 0.3) is 0 Å². The second-order valence-corrected chi connectivity index (χ2v) is 15.1. The second-order valence-electron chi connectivity index (χ2n) is 14.3. The Morgan fingerprint density at radius 1 is 0.761 bits per heavy atom. The summed E-state index contributed by atoms with van der Waals surface area (Å²) in [6.45, 7) is 16.3. The fraction of sp³-hybridized carbons (Fsp3) is 0.647. The van der Waals surface area contributed by atoms with Crippen LogP contribution in [-0.4, -0.2) is 96.5 Å². The zero-order valence-electron chi connectivity index (χ0n) is 28.8. The normalized spacial score (nSPS) is 18.7. The number of amides is 2. The number of piperidine rings is 2. The summed E-state index contributed by atoms with van der Waals surface area (Å²) in [4.78, 5) is 40.4. The van der Waals surface area contributed by atoms with Crippen molar-refractivity contribution in [3.8, 4) is 0 Å². The maximum atomic E-state index is 12.1. The lowest BCUT2D eigenvalue weighted by Crippen LogP contribution is -2.43. The molecule has 0 N–H and O–H groups in total. The number of carbonyl (C=O) groups excluding carboxylic acids is 2. The molecular formula is C34H52Cl2N6O4. The van der Waals surface area contributed by atoms with Crippen molar-refractivity contribution in [2.75, 3.05) is 63.2 Å². The molecule has 2 aromatic rings. The van der Waals surface area contributed by atoms with E-state index in [1.165, 1.54) is 0 Å². The van der Waals surface area contributed by atoms with Crippen LogP contribution in [0.15, 0.2) is 36.9 Å². The highest BCUT2D eigenvalue weighted by Crippen LogP contribution is 2.30. The molecule has 2 atom stereocenters. The topological polar surface area (TPSA) is 91.3 Å². The van der Waals surface area contributed by atoms with E-state index in [9.17, 15) is 9.59 Å². The summed E-state index contributed by atoms with van der Waals surface area (Å²) in [5, 5.41) is 1.45. The van der Waals surface area contributed by atoms with Gasteiger partial charge in [0.15, 0.2) is 0 Å². The molecular weight excluding hydrogens is 627 g/mol. The van der Waals surface area contributed by atoms with E-state index < -0.39 is 11.2 Å². The van der Waals surface area contributed by atoms with E-state index in [0.29, 0.717) is 24.9 Å². The first-order chi connectivity index (χ1) is 21.5. The van der Waals surface area contributed by atoms with Crippen LogP contribution in [-0.2, 0) is 9.47 Å². The third-order valence-corrected chi connectivity index (χ3v) is 8.33. The summed E-state index contributed by atoms with van der Waals surface area (Å²) >= 11 is 12.5. The second kappa shape index (κ2) is 16.7. The summed E-state index contributed by atoms with van der Waals surface area (Å²) in [6, 6.07) is 3.63. The van der Waals surface area contributed by atoms with Gasteiger partial charge >= 0.3 is 12.2 Å². The third kappa shape index (κ3) is 12.3. The molecule has 46 heavy (non-hydrogen) atoms. The lowest BCUT2D eigenvalue weighted by molar-refractivity contribution is 0.0259. The van der Waals surface area contributed by atoms with E-state index in [2.05, 4.69) is 19.8 Å². The monoisotopic (exact) mass is 678 g/mol. The van der Waals surface area contributed by atoms with Gasteiger partial charge in [-0.25, -0.2) is 9.59 Å². The molecule has 4 heterocycles. The van der Waals surface area contributed by atoms with Gasteiger partial charge in [0, 0.05) is 65.8 Å². The van der Waals surface area contributed by atoms with E-state index in [-0.39, 0.29) is 12.2 Å². The quantitative estimate of drug-likeness (QED) is 0.308. The predicted octanol–water partition coefficient (Wildman–Crippen LogP) is 7.64. The van der Waals surface area contributed by atoms with Gasteiger partial charge in [0.05, 0.1) is 33.8 Å². The number of rotatable bonds is 6. The third-order valence-electron chi connectivity index (χ3n) is 7.69. The number of carbonyl (C=O) groups is 2. The van der Waals surface area contributed by atoms with Crippen molar-refractivity contribution < 1.29 is 19.1 Å². The minimum absolute atomic E-state index is 0.269. The van der Waals surface area contributed by atoms with E-state index >= 15 is 0 Å². The van der Waals surface area contributed by atoms with Crippen LogP contribution in [0.1, 0.15) is 67.2 Å². The van der Waals surface area contributed by atoms with Crippen molar-refractivity contribution in [1.82, 2.24) is 19.8 Å². The Labute approximate surface area is 285 Å². The van der Waals surface area contributed by atoms with Crippen molar-refractivity contribution in [3.05, 3.63) is 47.0 Å². The van der Waals surface area contributed by atoms with E-state index in [0.717, 1.165) is 73.3 Å². The zero-order valence-corrected chi connectivity index (χ0v) is 30.3. The Bertz CT molecular complexity index is 1190. The number of hydrogen-bond acceptors (Lipinski definition) is 8. The minimum atomic E-state index is -0.465. The van der Waals surface area contributed by atoms with Crippen LogP contribution in [0.4, 0.5) is 21.0 Å². The Morgan fingerprint density at radius 2 is 1.13 bits per heavy atom. The molecule has 0 saturated carbocycles. The predicted molar refractivity (Wildman–Crippen MR) is 186 cm³/mol. The highest BCUT2D eigenvalue weighted by Gasteiger charge is 2.28. The molecule has 256 valence electrons. The molecule has 2 unspecified atom stereocenters. The number of halogens is 2. The van der Waals surface area contributed by atoms with Gasteiger partial charge in [-0.3, -0.25) is 9.97 Å². The molecule has 0 spiro atoms. The zero-order chi connectivity index (χ0) is 34.1. The summed E-state index contributed by atoms with van der Waals surface area (Å²) in [6.07, 6.45) is 10.8. The average molecular weight is 680 g/mol. The molecule has 4 rings (SSSR count). The van der Waals surface area contributed by atoms with Crippen molar-refractivity contribution in [2.45, 2.75) is 78.4 Å². The molecule has 0 aliphatic carbocycles. The maximum Gasteiger partial charge on any atom is 0.410 e. The molecule has 2 saturated heterocycles. The Kier molecular flexibility index (Phi) is 13.6. The largest absolute Gasteiger partial charge is 0.444 e. The molecule has 10 nitrogen and oxygen atoms in total. The molecule has 2 fully saturated rings. The number of nitrogens with zero attached hydrogens (tertiary/aromatic N) is 6. The van der Waals surface area contributed by atoms with Gasteiger partial charge in [-0.05, 0) is 91.2 Å². The Balaban J connectivity index is 0.000000250. The van der Waals surface area contributed by atoms with Gasteiger partial charge in [0.2, 0.25) is 0 Å². The van der Waals surface area contributed by atoms with Crippen molar-refractivity contribution in [1.29, 1.82) is 0 Å². The summed E-state index contributed by atoms with van der Waals surface area (Å²) in [5.41, 5.74) is 1.01. The molecule has 0 aromatic carbocycles. The van der Waals surface area contributed by atoms with Gasteiger partial charge < -0.3 is 29.1 Å². The van der Waals surface area contributed by atoms with Crippen molar-refractivity contribution in [2.24, 2.45) is 11.8 Å². The number of hydrogen-bond donors (Lipinski definition) is 0. The fourth-order valence-electron chi connectivity index (χ4n) is 5.67. The van der Waals surface area contributed by atoms with Gasteiger partial charge in [-0.1, -0.05) is 23.2 Å². The minimum Gasteiger partial charge on any atom is -0.444 e. The van der Waals surface area contributed by atoms with Crippen LogP contribution >= 0.6 is 23.2 Å². The first kappa shape index (κ1) is 37.5. The number of aromatic nitrogens is 2. The molecule has 2 aliphatic heterocycles. The van der Waals surface area contributed by atoms with Crippen LogP contribution < -0.4 is 9.80 Å². The Morgan fingerprint density at radius 3 is 1.46 bits per heavy atom. The van der Waals surface area contributed by atoms with Gasteiger partial charge in [-0.2, -0.15) is 0 Å². The summed E-state index contributed by atoms with van der Waals surface area (Å²) in [5.74, 6) is 0.801. The molecule has 0 bridgehead atoms. The molecule has 0 radical (unpaired) electrons. The van der Waals surface area contributed by atoms with E-state index in [4.69, 9.17) is 32.7 Å². The fourth-order valence-corrected chi connectivity index (χ4v) is 6.12. The number of pyridine rings is 2. The summed E-state index contributed by atoms with van der Waals surface area (Å²) in [7, 11) is 3.59. The highest BCUT2D eigenvalue weighted by molar-refractivity contribution is 6.33. The number of ether oxygens (including phenoxy) is 2.